The van der Waals surface area contributed by atoms with E-state index >= 15 is 0 Å². The van der Waals surface area contributed by atoms with Crippen LogP contribution in [0.3, 0.4) is 0 Å². The fourth-order valence-electron chi connectivity index (χ4n) is 3.03. The maximum Gasteiger partial charge on any atom is 0.266 e. The summed E-state index contributed by atoms with van der Waals surface area (Å²) in [7, 11) is 1.72. The number of rotatable bonds is 5. The quantitative estimate of drug-likeness (QED) is 0.192. The van der Waals surface area contributed by atoms with Crippen LogP contribution in [0.5, 0.6) is 5.75 Å². The molecule has 1 fully saturated rings. The van der Waals surface area contributed by atoms with Gasteiger partial charge in [0.15, 0.2) is 5.17 Å². The molecule has 0 unspecified atom stereocenters. The fourth-order valence-corrected chi connectivity index (χ4v) is 6.76. The lowest BCUT2D eigenvalue weighted by Gasteiger charge is -2.12. The van der Waals surface area contributed by atoms with Crippen molar-refractivity contribution in [2.24, 2.45) is 4.99 Å². The van der Waals surface area contributed by atoms with Crippen LogP contribution in [0.4, 0.5) is 5.69 Å². The molecule has 0 N–H and O–H groups in total. The van der Waals surface area contributed by atoms with E-state index in [0.717, 1.165) is 28.5 Å². The molecular formula is C24H15BrCl2I2N2O2S. The molecule has 1 amide bonds. The highest BCUT2D eigenvalue weighted by atomic mass is 127. The summed E-state index contributed by atoms with van der Waals surface area (Å²) in [4.78, 5) is 19.6. The number of amides is 1. The molecule has 0 saturated carbocycles. The minimum Gasteiger partial charge on any atom is -0.487 e. The van der Waals surface area contributed by atoms with Crippen molar-refractivity contribution in [3.05, 3.63) is 92.3 Å². The predicted octanol–water partition coefficient (Wildman–Crippen LogP) is 8.78. The van der Waals surface area contributed by atoms with E-state index in [-0.39, 0.29) is 5.91 Å². The van der Waals surface area contributed by atoms with Gasteiger partial charge in [-0.1, -0.05) is 41.4 Å². The van der Waals surface area contributed by atoms with Crippen LogP contribution in [0.15, 0.2) is 69.0 Å². The summed E-state index contributed by atoms with van der Waals surface area (Å²) in [5, 5.41) is 1.84. The molecule has 1 aliphatic rings. The Bertz CT molecular complexity index is 1330. The Morgan fingerprint density at radius 3 is 2.47 bits per heavy atom. The van der Waals surface area contributed by atoms with Crippen LogP contribution in [0, 0.1) is 7.14 Å². The Hall–Kier alpha value is -0.790. The average molecular weight is 800 g/mol. The molecule has 0 aromatic heterocycles. The standard InChI is InChI=1S/C24H15BrCl2I2N2O2S/c1-31-23(32)21(34-24(31)30-15-6-7-16(25)18(27)11-15)10-13-8-19(28)22(20(29)9-13)33-12-14-4-2-3-5-17(14)26/h2-11H,12H2,1H3/b21-10-,30-24?. The highest BCUT2D eigenvalue weighted by molar-refractivity contribution is 14.1. The maximum atomic E-state index is 12.8. The zero-order valence-corrected chi connectivity index (χ0v) is 25.7. The number of halogens is 5. The molecule has 0 bridgehead atoms. The van der Waals surface area contributed by atoms with Gasteiger partial charge in [0.1, 0.15) is 12.4 Å². The first-order valence-electron chi connectivity index (χ1n) is 9.79. The van der Waals surface area contributed by atoms with Crippen LogP contribution in [-0.4, -0.2) is 23.0 Å². The van der Waals surface area contributed by atoms with Crippen LogP contribution >= 0.6 is 96.1 Å². The number of carbonyl (C=O) groups excluding carboxylic acids is 1. The van der Waals surface area contributed by atoms with E-state index in [1.807, 2.05) is 54.6 Å². The Labute approximate surface area is 247 Å². The van der Waals surface area contributed by atoms with E-state index in [1.165, 1.54) is 11.8 Å². The predicted molar refractivity (Wildman–Crippen MR) is 162 cm³/mol. The topological polar surface area (TPSA) is 41.9 Å². The van der Waals surface area contributed by atoms with Gasteiger partial charge in [-0.3, -0.25) is 9.69 Å². The lowest BCUT2D eigenvalue weighted by atomic mass is 10.2. The number of amidine groups is 1. The van der Waals surface area contributed by atoms with Gasteiger partial charge in [-0.25, -0.2) is 4.99 Å². The molecular weight excluding hydrogens is 785 g/mol. The Kier molecular flexibility index (Phi) is 8.90. The van der Waals surface area contributed by atoms with Crippen LogP contribution in [0.1, 0.15) is 11.1 Å². The van der Waals surface area contributed by atoms with Gasteiger partial charge in [-0.15, -0.1) is 0 Å². The van der Waals surface area contributed by atoms with E-state index < -0.39 is 0 Å². The minimum atomic E-state index is -0.101. The van der Waals surface area contributed by atoms with Crippen molar-refractivity contribution in [3.63, 3.8) is 0 Å². The highest BCUT2D eigenvalue weighted by Gasteiger charge is 2.30. The number of thioether (sulfide) groups is 1. The molecule has 174 valence electrons. The van der Waals surface area contributed by atoms with E-state index in [1.54, 1.807) is 18.0 Å². The zero-order valence-electron chi connectivity index (χ0n) is 17.5. The molecule has 4 nitrogen and oxygen atoms in total. The molecule has 3 aromatic carbocycles. The lowest BCUT2D eigenvalue weighted by molar-refractivity contribution is -0.121. The van der Waals surface area contributed by atoms with Gasteiger partial charge >= 0.3 is 0 Å². The molecule has 1 aliphatic heterocycles. The molecule has 1 saturated heterocycles. The second-order valence-corrected chi connectivity index (χ2v) is 12.2. The fraction of sp³-hybridized carbons (Fsp3) is 0.0833. The normalized spacial score (nSPS) is 16.1. The molecule has 0 spiro atoms. The summed E-state index contributed by atoms with van der Waals surface area (Å²) in [5.74, 6) is 0.691. The van der Waals surface area contributed by atoms with Crippen molar-refractivity contribution in [1.82, 2.24) is 4.90 Å². The molecule has 0 atom stereocenters. The summed E-state index contributed by atoms with van der Waals surface area (Å²) in [5.41, 5.74) is 2.52. The Morgan fingerprint density at radius 2 is 1.79 bits per heavy atom. The van der Waals surface area contributed by atoms with Crippen molar-refractivity contribution < 1.29 is 9.53 Å². The molecule has 4 rings (SSSR count). The van der Waals surface area contributed by atoms with Gasteiger partial charge < -0.3 is 4.74 Å². The minimum absolute atomic E-state index is 0.101. The van der Waals surface area contributed by atoms with Crippen LogP contribution in [0.25, 0.3) is 6.08 Å². The van der Waals surface area contributed by atoms with Gasteiger partial charge in [0.25, 0.3) is 5.91 Å². The molecule has 1 heterocycles. The SMILES string of the molecule is CN1C(=O)/C(=C/c2cc(I)c(OCc3ccccc3Cl)c(I)c2)SC1=Nc1ccc(Br)c(Cl)c1. The van der Waals surface area contributed by atoms with Crippen LogP contribution in [-0.2, 0) is 11.4 Å². The number of likely N-dealkylation sites (N-methyl/N-ethyl adjacent to an activating group) is 1. The largest absolute Gasteiger partial charge is 0.487 e. The monoisotopic (exact) mass is 798 g/mol. The number of ether oxygens (including phenoxy) is 1. The molecule has 0 radical (unpaired) electrons. The van der Waals surface area contributed by atoms with Crippen LogP contribution in [0.2, 0.25) is 10.0 Å². The van der Waals surface area contributed by atoms with Crippen molar-refractivity contribution in [1.29, 1.82) is 0 Å². The third kappa shape index (κ3) is 6.12. The number of aliphatic imine (C=N–C) groups is 1. The zero-order chi connectivity index (χ0) is 24.4. The summed E-state index contributed by atoms with van der Waals surface area (Å²) in [6.07, 6.45) is 1.88. The summed E-state index contributed by atoms with van der Waals surface area (Å²) in [6.45, 7) is 0.380. The van der Waals surface area contributed by atoms with Crippen molar-refractivity contribution in [2.45, 2.75) is 6.61 Å². The van der Waals surface area contributed by atoms with Crippen molar-refractivity contribution in [2.75, 3.05) is 7.05 Å². The second-order valence-electron chi connectivity index (χ2n) is 7.16. The number of nitrogens with zero attached hydrogens (tertiary/aromatic N) is 2. The van der Waals surface area contributed by atoms with E-state index in [2.05, 4.69) is 66.1 Å². The third-order valence-corrected chi connectivity index (χ3v) is 9.04. The Balaban J connectivity index is 1.55. The molecule has 0 aliphatic carbocycles. The summed E-state index contributed by atoms with van der Waals surface area (Å²) >= 11 is 21.6. The third-order valence-electron chi connectivity index (χ3n) is 4.78. The lowest BCUT2D eigenvalue weighted by Crippen LogP contribution is -2.23. The second kappa shape index (κ2) is 11.5. The summed E-state index contributed by atoms with van der Waals surface area (Å²) < 4.78 is 8.76. The van der Waals surface area contributed by atoms with Crippen LogP contribution < -0.4 is 4.74 Å². The van der Waals surface area contributed by atoms with Gasteiger partial charge in [0.05, 0.1) is 22.8 Å². The number of hydrogen-bond acceptors (Lipinski definition) is 4. The smallest absolute Gasteiger partial charge is 0.266 e. The first-order valence-corrected chi connectivity index (χ1v) is 14.3. The van der Waals surface area contributed by atoms with Gasteiger partial charge in [-0.05, 0) is 121 Å². The average Bonchev–Trinajstić information content (AvgIpc) is 3.04. The number of benzene rings is 3. The number of hydrogen-bond donors (Lipinski definition) is 0. The van der Waals surface area contributed by atoms with Gasteiger partial charge in [0, 0.05) is 22.1 Å². The van der Waals surface area contributed by atoms with Gasteiger partial charge in [-0.2, -0.15) is 0 Å². The first-order chi connectivity index (χ1) is 16.2. The van der Waals surface area contributed by atoms with Gasteiger partial charge in [0.2, 0.25) is 0 Å². The molecule has 34 heavy (non-hydrogen) atoms. The number of carbonyl (C=O) groups is 1. The van der Waals surface area contributed by atoms with E-state index in [0.29, 0.717) is 32.4 Å². The molecule has 10 heteroatoms. The first kappa shape index (κ1) is 26.3. The van der Waals surface area contributed by atoms with Crippen molar-refractivity contribution >= 4 is 119 Å². The highest BCUT2D eigenvalue weighted by Crippen LogP contribution is 2.36. The van der Waals surface area contributed by atoms with Crippen molar-refractivity contribution in [3.8, 4) is 5.75 Å². The summed E-state index contributed by atoms with van der Waals surface area (Å²) in [6, 6.07) is 17.0. The maximum absolute atomic E-state index is 12.8. The van der Waals surface area contributed by atoms with E-state index in [9.17, 15) is 4.79 Å². The Morgan fingerprint density at radius 1 is 1.09 bits per heavy atom. The molecule has 3 aromatic rings. The van der Waals surface area contributed by atoms with E-state index in [4.69, 9.17) is 27.9 Å².